The molecule has 24 heavy (non-hydrogen) atoms. The number of ether oxygens (including phenoxy) is 1. The zero-order valence-corrected chi connectivity index (χ0v) is 16.0. The zero-order valence-electron chi connectivity index (χ0n) is 13.0. The van der Waals surface area contributed by atoms with Crippen LogP contribution in [0.2, 0.25) is 0 Å². The minimum absolute atomic E-state index is 0.0135. The molecule has 0 amide bonds. The van der Waals surface area contributed by atoms with E-state index in [1.165, 1.54) is 10.4 Å². The fraction of sp³-hybridized carbons (Fsp3) is 0.368. The lowest BCUT2D eigenvalue weighted by atomic mass is 10.1. The van der Waals surface area contributed by atoms with Crippen LogP contribution in [0, 0.1) is 17.6 Å². The van der Waals surface area contributed by atoms with E-state index >= 15 is 0 Å². The molecule has 0 spiro atoms. The van der Waals surface area contributed by atoms with E-state index in [2.05, 4.69) is 34.7 Å². The first-order valence-electron chi connectivity index (χ1n) is 8.13. The van der Waals surface area contributed by atoms with Gasteiger partial charge in [0.05, 0.1) is 6.61 Å². The van der Waals surface area contributed by atoms with Crippen molar-refractivity contribution in [3.8, 4) is 16.2 Å². The molecular formula is C19H17F2IOS. The van der Waals surface area contributed by atoms with Gasteiger partial charge in [-0.1, -0.05) is 34.7 Å². The highest BCUT2D eigenvalue weighted by molar-refractivity contribution is 14.1. The summed E-state index contributed by atoms with van der Waals surface area (Å²) in [6.07, 6.45) is 8.14. The van der Waals surface area contributed by atoms with Gasteiger partial charge in [-0.15, -0.1) is 11.3 Å². The number of hydrogen-bond donors (Lipinski definition) is 0. The fourth-order valence-electron chi connectivity index (χ4n) is 3.31. The molecule has 5 heteroatoms. The molecule has 1 atom stereocenters. The van der Waals surface area contributed by atoms with Crippen LogP contribution in [0.4, 0.5) is 8.78 Å². The summed E-state index contributed by atoms with van der Waals surface area (Å²) in [5, 5.41) is 0. The van der Waals surface area contributed by atoms with Gasteiger partial charge in [0.25, 0.3) is 0 Å². The Morgan fingerprint density at radius 3 is 2.67 bits per heavy atom. The van der Waals surface area contributed by atoms with E-state index < -0.39 is 11.6 Å². The normalized spacial score (nSPS) is 19.9. The van der Waals surface area contributed by atoms with Crippen LogP contribution in [0.1, 0.15) is 23.3 Å². The molecule has 0 fully saturated rings. The summed E-state index contributed by atoms with van der Waals surface area (Å²) in [6.45, 7) is 0.424. The Balaban J connectivity index is 1.54. The fourth-order valence-corrected chi connectivity index (χ4v) is 5.81. The maximum absolute atomic E-state index is 14.5. The minimum Gasteiger partial charge on any atom is -0.490 e. The summed E-state index contributed by atoms with van der Waals surface area (Å²) in [7, 11) is 0. The SMILES string of the molecule is Fc1c(OCC2CC=CC2)ccc(-c2cc3c(s2)CC(I)C3)c1F. The lowest BCUT2D eigenvalue weighted by Crippen LogP contribution is -2.10. The van der Waals surface area contributed by atoms with Crippen LogP contribution in [0.3, 0.4) is 0 Å². The van der Waals surface area contributed by atoms with Crippen molar-refractivity contribution in [1.29, 1.82) is 0 Å². The first-order valence-corrected chi connectivity index (χ1v) is 10.2. The lowest BCUT2D eigenvalue weighted by molar-refractivity contribution is 0.243. The van der Waals surface area contributed by atoms with Crippen molar-refractivity contribution < 1.29 is 13.5 Å². The van der Waals surface area contributed by atoms with E-state index in [0.717, 1.165) is 30.6 Å². The number of allylic oxidation sites excluding steroid dienone is 2. The molecule has 1 aromatic carbocycles. The molecule has 126 valence electrons. The highest BCUT2D eigenvalue weighted by Gasteiger charge is 2.24. The van der Waals surface area contributed by atoms with Crippen molar-refractivity contribution >= 4 is 33.9 Å². The second-order valence-corrected chi connectivity index (χ2v) is 9.32. The number of thiophene rings is 1. The highest BCUT2D eigenvalue weighted by atomic mass is 127. The average Bonchev–Trinajstić information content (AvgIpc) is 3.25. The second kappa shape index (κ2) is 6.75. The number of alkyl halides is 1. The third-order valence-electron chi connectivity index (χ3n) is 4.64. The van der Waals surface area contributed by atoms with Crippen LogP contribution in [-0.4, -0.2) is 10.5 Å². The number of rotatable bonds is 4. The first-order chi connectivity index (χ1) is 11.6. The third kappa shape index (κ3) is 3.12. The molecule has 2 aromatic rings. The summed E-state index contributed by atoms with van der Waals surface area (Å²) in [5.74, 6) is -1.30. The Labute approximate surface area is 157 Å². The molecule has 4 rings (SSSR count). The lowest BCUT2D eigenvalue weighted by Gasteiger charge is -2.13. The molecule has 1 unspecified atom stereocenters. The minimum atomic E-state index is -0.876. The summed E-state index contributed by atoms with van der Waals surface area (Å²) < 4.78 is 35.0. The number of benzene rings is 1. The van der Waals surface area contributed by atoms with Crippen LogP contribution in [0.25, 0.3) is 10.4 Å². The zero-order chi connectivity index (χ0) is 16.7. The van der Waals surface area contributed by atoms with Crippen molar-refractivity contribution in [3.63, 3.8) is 0 Å². The van der Waals surface area contributed by atoms with Crippen LogP contribution < -0.4 is 4.74 Å². The number of fused-ring (bicyclic) bond motifs is 1. The monoisotopic (exact) mass is 458 g/mol. The van der Waals surface area contributed by atoms with Gasteiger partial charge in [-0.2, -0.15) is 4.39 Å². The van der Waals surface area contributed by atoms with Crippen molar-refractivity contribution in [1.82, 2.24) is 0 Å². The van der Waals surface area contributed by atoms with E-state index in [0.29, 0.717) is 22.0 Å². The molecule has 0 bridgehead atoms. The van der Waals surface area contributed by atoms with Gasteiger partial charge in [0.15, 0.2) is 11.6 Å². The van der Waals surface area contributed by atoms with Crippen molar-refractivity contribution in [3.05, 3.63) is 52.4 Å². The Morgan fingerprint density at radius 1 is 1.12 bits per heavy atom. The van der Waals surface area contributed by atoms with E-state index in [4.69, 9.17) is 4.74 Å². The van der Waals surface area contributed by atoms with E-state index in [9.17, 15) is 8.78 Å². The van der Waals surface area contributed by atoms with E-state index in [1.807, 2.05) is 6.07 Å². The maximum atomic E-state index is 14.5. The van der Waals surface area contributed by atoms with Gasteiger partial charge in [0, 0.05) is 19.2 Å². The molecule has 0 saturated heterocycles. The van der Waals surface area contributed by atoms with Gasteiger partial charge >= 0.3 is 0 Å². The smallest absolute Gasteiger partial charge is 0.201 e. The number of halogens is 3. The average molecular weight is 458 g/mol. The Kier molecular flexibility index (Phi) is 4.64. The molecule has 0 N–H and O–H groups in total. The van der Waals surface area contributed by atoms with Crippen molar-refractivity contribution in [2.45, 2.75) is 29.6 Å². The summed E-state index contributed by atoms with van der Waals surface area (Å²) >= 11 is 4.02. The molecule has 1 heterocycles. The topological polar surface area (TPSA) is 9.23 Å². The van der Waals surface area contributed by atoms with Crippen molar-refractivity contribution in [2.24, 2.45) is 5.92 Å². The van der Waals surface area contributed by atoms with Crippen molar-refractivity contribution in [2.75, 3.05) is 6.61 Å². The Morgan fingerprint density at radius 2 is 1.92 bits per heavy atom. The first kappa shape index (κ1) is 16.5. The third-order valence-corrected chi connectivity index (χ3v) is 6.75. The van der Waals surface area contributed by atoms with Crippen LogP contribution in [0.15, 0.2) is 30.4 Å². The van der Waals surface area contributed by atoms with Crippen LogP contribution in [-0.2, 0) is 12.8 Å². The molecule has 1 aromatic heterocycles. The largest absolute Gasteiger partial charge is 0.490 e. The Bertz CT molecular complexity index is 767. The summed E-state index contributed by atoms with van der Waals surface area (Å²) in [6, 6.07) is 5.21. The predicted octanol–water partition coefficient (Wildman–Crippen LogP) is 5.94. The molecule has 2 aliphatic carbocycles. The summed E-state index contributed by atoms with van der Waals surface area (Å²) in [5.41, 5.74) is 1.62. The van der Waals surface area contributed by atoms with Gasteiger partial charge in [0.1, 0.15) is 0 Å². The van der Waals surface area contributed by atoms with E-state index in [-0.39, 0.29) is 5.75 Å². The van der Waals surface area contributed by atoms with E-state index in [1.54, 1.807) is 23.5 Å². The highest BCUT2D eigenvalue weighted by Crippen LogP contribution is 2.40. The standard InChI is InChI=1S/C19H17F2IOS/c20-18-14(17-8-12-7-13(22)9-16(12)24-17)5-6-15(19(18)21)23-10-11-3-1-2-4-11/h1-2,5-6,8,11,13H,3-4,7,9-10H2. The van der Waals surface area contributed by atoms with Gasteiger partial charge in [-0.25, -0.2) is 4.39 Å². The quantitative estimate of drug-likeness (QED) is 0.313. The molecule has 0 saturated carbocycles. The molecule has 1 nitrogen and oxygen atoms in total. The van der Waals surface area contributed by atoms with Gasteiger partial charge in [-0.3, -0.25) is 0 Å². The van der Waals surface area contributed by atoms with Gasteiger partial charge in [0.2, 0.25) is 5.82 Å². The number of hydrogen-bond acceptors (Lipinski definition) is 2. The van der Waals surface area contributed by atoms with Crippen LogP contribution in [0.5, 0.6) is 5.75 Å². The molecule has 0 aliphatic heterocycles. The van der Waals surface area contributed by atoms with Gasteiger partial charge < -0.3 is 4.74 Å². The summed E-state index contributed by atoms with van der Waals surface area (Å²) in [4.78, 5) is 2.12. The maximum Gasteiger partial charge on any atom is 0.201 e. The predicted molar refractivity (Wildman–Crippen MR) is 102 cm³/mol. The molecule has 2 aliphatic rings. The second-order valence-electron chi connectivity index (χ2n) is 6.42. The molecule has 0 radical (unpaired) electrons. The molecular weight excluding hydrogens is 441 g/mol. The van der Waals surface area contributed by atoms with Crippen LogP contribution >= 0.6 is 33.9 Å². The Hall–Kier alpha value is -0.950. The van der Waals surface area contributed by atoms with Gasteiger partial charge in [-0.05, 0) is 55.4 Å².